The summed E-state index contributed by atoms with van der Waals surface area (Å²) in [4.78, 5) is 0. The molecule has 1 N–H and O–H groups in total. The lowest BCUT2D eigenvalue weighted by Gasteiger charge is -2.09. The van der Waals surface area contributed by atoms with Crippen molar-refractivity contribution in [2.24, 2.45) is 0 Å². The van der Waals surface area contributed by atoms with Gasteiger partial charge < -0.3 is 0 Å². The number of hydrogen-bond acceptors (Lipinski definition) is 2. The Balaban J connectivity index is 4.51. The zero-order valence-electron chi connectivity index (χ0n) is 5.22. The molecule has 0 aliphatic heterocycles. The highest BCUT2D eigenvalue weighted by Gasteiger charge is 2.38. The lowest BCUT2D eigenvalue weighted by Crippen LogP contribution is -2.27. The third-order valence-corrected chi connectivity index (χ3v) is 1.49. The minimum atomic E-state index is -4.88. The maximum atomic E-state index is 12.0. The van der Waals surface area contributed by atoms with Gasteiger partial charge in [0.2, 0.25) is 0 Å². The number of halogens is 3. The summed E-state index contributed by atoms with van der Waals surface area (Å²) in [5.74, 6) is -8.28. The first kappa shape index (κ1) is 10.4. The van der Waals surface area contributed by atoms with Crippen molar-refractivity contribution < 1.29 is 26.1 Å². The van der Waals surface area contributed by atoms with Gasteiger partial charge in [0.15, 0.2) is 5.83 Å². The van der Waals surface area contributed by atoms with Gasteiger partial charge in [-0.25, -0.2) is 4.39 Å². The molecule has 66 valence electrons. The Hall–Kier alpha value is -0.560. The molecule has 0 aromatic heterocycles. The molecule has 11 heavy (non-hydrogen) atoms. The molecule has 0 radical (unpaired) electrons. The molecular formula is C4H5F3O3S. The first-order valence-corrected chi connectivity index (χ1v) is 3.94. The predicted octanol–water partition coefficient (Wildman–Crippen LogP) is 0.993. The Bertz CT molecular complexity index is 256. The van der Waals surface area contributed by atoms with Gasteiger partial charge in [-0.3, -0.25) is 4.55 Å². The van der Waals surface area contributed by atoms with E-state index in [4.69, 9.17) is 4.55 Å². The number of rotatable bonds is 3. The highest BCUT2D eigenvalue weighted by molar-refractivity contribution is 7.85. The second-order valence-electron chi connectivity index (χ2n) is 1.84. The molecule has 0 amide bonds. The van der Waals surface area contributed by atoms with Gasteiger partial charge in [-0.15, -0.1) is 0 Å². The molecule has 3 nitrogen and oxygen atoms in total. The summed E-state index contributed by atoms with van der Waals surface area (Å²) in [6.45, 7) is 2.22. The van der Waals surface area contributed by atoms with Crippen molar-refractivity contribution in [2.45, 2.75) is 5.92 Å². The second-order valence-corrected chi connectivity index (χ2v) is 3.29. The van der Waals surface area contributed by atoms with Gasteiger partial charge >= 0.3 is 5.92 Å². The average Bonchev–Trinajstić information content (AvgIpc) is 1.56. The zero-order valence-corrected chi connectivity index (χ0v) is 6.04. The molecule has 0 aliphatic rings. The molecule has 0 unspecified atom stereocenters. The monoisotopic (exact) mass is 190 g/mol. The van der Waals surface area contributed by atoms with Crippen LogP contribution in [0.4, 0.5) is 13.2 Å². The Morgan fingerprint density at radius 2 is 1.91 bits per heavy atom. The number of alkyl halides is 2. The van der Waals surface area contributed by atoms with E-state index in [2.05, 4.69) is 6.58 Å². The van der Waals surface area contributed by atoms with Crippen LogP contribution in [0.1, 0.15) is 0 Å². The van der Waals surface area contributed by atoms with Crippen LogP contribution < -0.4 is 0 Å². The minimum Gasteiger partial charge on any atom is -0.285 e. The van der Waals surface area contributed by atoms with Crippen LogP contribution in [0.3, 0.4) is 0 Å². The van der Waals surface area contributed by atoms with E-state index in [1.54, 1.807) is 0 Å². The van der Waals surface area contributed by atoms with Crippen LogP contribution >= 0.6 is 0 Å². The molecule has 7 heteroatoms. The van der Waals surface area contributed by atoms with Gasteiger partial charge in [0.1, 0.15) is 5.75 Å². The molecule has 0 aromatic rings. The summed E-state index contributed by atoms with van der Waals surface area (Å²) < 4.78 is 63.3. The van der Waals surface area contributed by atoms with Gasteiger partial charge in [-0.1, -0.05) is 6.58 Å². The Morgan fingerprint density at radius 3 is 2.00 bits per heavy atom. The standard InChI is InChI=1S/C4H5F3O3S/c1-3(5)4(6,7)2-11(8,9)10/h1-2H2,(H,8,9,10). The molecule has 0 spiro atoms. The zero-order chi connectivity index (χ0) is 9.28. The molecule has 0 heterocycles. The van der Waals surface area contributed by atoms with Crippen molar-refractivity contribution in [3.05, 3.63) is 12.4 Å². The van der Waals surface area contributed by atoms with Gasteiger partial charge in [-0.2, -0.15) is 17.2 Å². The third-order valence-electron chi connectivity index (χ3n) is 0.761. The summed E-state index contributed by atoms with van der Waals surface area (Å²) in [5, 5.41) is 0. The molecule has 0 fully saturated rings. The first-order chi connectivity index (χ1) is 4.65. The van der Waals surface area contributed by atoms with Crippen molar-refractivity contribution in [3.8, 4) is 0 Å². The van der Waals surface area contributed by atoms with Crippen LogP contribution in [0.2, 0.25) is 0 Å². The summed E-state index contributed by atoms with van der Waals surface area (Å²) in [6.07, 6.45) is 0. The van der Waals surface area contributed by atoms with Crippen molar-refractivity contribution in [3.63, 3.8) is 0 Å². The Labute approximate surface area is 61.3 Å². The lowest BCUT2D eigenvalue weighted by molar-refractivity contribution is 0.0415. The van der Waals surface area contributed by atoms with E-state index < -0.39 is 27.6 Å². The van der Waals surface area contributed by atoms with E-state index in [0.717, 1.165) is 0 Å². The van der Waals surface area contributed by atoms with E-state index in [1.165, 1.54) is 0 Å². The Morgan fingerprint density at radius 1 is 1.55 bits per heavy atom. The maximum absolute atomic E-state index is 12.0. The van der Waals surface area contributed by atoms with Crippen LogP contribution in [0.25, 0.3) is 0 Å². The fourth-order valence-electron chi connectivity index (χ4n) is 0.307. The van der Waals surface area contributed by atoms with Crippen LogP contribution in [0.5, 0.6) is 0 Å². The van der Waals surface area contributed by atoms with Gasteiger partial charge in [-0.05, 0) is 0 Å². The fraction of sp³-hybridized carbons (Fsp3) is 0.500. The fourth-order valence-corrected chi connectivity index (χ4v) is 0.922. The van der Waals surface area contributed by atoms with E-state index in [9.17, 15) is 21.6 Å². The normalized spacial score (nSPS) is 13.1. The van der Waals surface area contributed by atoms with E-state index >= 15 is 0 Å². The molecule has 0 saturated carbocycles. The Kier molecular flexibility index (Phi) is 2.68. The highest BCUT2D eigenvalue weighted by Crippen LogP contribution is 2.24. The topological polar surface area (TPSA) is 54.4 Å². The van der Waals surface area contributed by atoms with Crippen LogP contribution in [0, 0.1) is 0 Å². The number of hydrogen-bond donors (Lipinski definition) is 1. The molecule has 0 bridgehead atoms. The highest BCUT2D eigenvalue weighted by atomic mass is 32.2. The maximum Gasteiger partial charge on any atom is 0.314 e. The lowest BCUT2D eigenvalue weighted by atomic mass is 10.4. The van der Waals surface area contributed by atoms with E-state index in [0.29, 0.717) is 0 Å². The van der Waals surface area contributed by atoms with Crippen LogP contribution in [0.15, 0.2) is 12.4 Å². The molecule has 0 aliphatic carbocycles. The van der Waals surface area contributed by atoms with E-state index in [-0.39, 0.29) is 0 Å². The summed E-state index contributed by atoms with van der Waals surface area (Å²) in [6, 6.07) is 0. The van der Waals surface area contributed by atoms with Gasteiger partial charge in [0, 0.05) is 0 Å². The second kappa shape index (κ2) is 2.82. The summed E-state index contributed by atoms with van der Waals surface area (Å²) >= 11 is 0. The summed E-state index contributed by atoms with van der Waals surface area (Å²) in [5.41, 5.74) is 0. The van der Waals surface area contributed by atoms with E-state index in [1.807, 2.05) is 0 Å². The molecule has 0 aromatic carbocycles. The largest absolute Gasteiger partial charge is 0.314 e. The smallest absolute Gasteiger partial charge is 0.285 e. The molecular weight excluding hydrogens is 185 g/mol. The molecule has 0 atom stereocenters. The average molecular weight is 190 g/mol. The number of allylic oxidation sites excluding steroid dienone is 1. The van der Waals surface area contributed by atoms with Gasteiger partial charge in [0.05, 0.1) is 0 Å². The molecule has 0 rings (SSSR count). The van der Waals surface area contributed by atoms with Crippen molar-refractivity contribution in [2.75, 3.05) is 5.75 Å². The summed E-state index contributed by atoms with van der Waals surface area (Å²) in [7, 11) is -4.88. The van der Waals surface area contributed by atoms with Crippen LogP contribution in [-0.2, 0) is 10.1 Å². The van der Waals surface area contributed by atoms with Gasteiger partial charge in [0.25, 0.3) is 10.1 Å². The van der Waals surface area contributed by atoms with Crippen molar-refractivity contribution in [1.82, 2.24) is 0 Å². The molecule has 0 saturated heterocycles. The predicted molar refractivity (Wildman–Crippen MR) is 31.6 cm³/mol. The van der Waals surface area contributed by atoms with Crippen molar-refractivity contribution >= 4 is 10.1 Å². The quantitative estimate of drug-likeness (QED) is 0.675. The van der Waals surface area contributed by atoms with Crippen LogP contribution in [-0.4, -0.2) is 24.6 Å². The van der Waals surface area contributed by atoms with Crippen molar-refractivity contribution in [1.29, 1.82) is 0 Å². The third kappa shape index (κ3) is 3.99. The first-order valence-electron chi connectivity index (χ1n) is 2.33. The minimum absolute atomic E-state index is 1.98. The SMILES string of the molecule is C=C(F)C(F)(F)CS(=O)(=O)O.